The van der Waals surface area contributed by atoms with Crippen molar-refractivity contribution < 1.29 is 4.79 Å². The minimum Gasteiger partial charge on any atom is -0.300 e. The third-order valence-electron chi connectivity index (χ3n) is 3.40. The van der Waals surface area contributed by atoms with E-state index in [2.05, 4.69) is 43.2 Å². The molecule has 0 aliphatic rings. The quantitative estimate of drug-likeness (QED) is 0.467. The van der Waals surface area contributed by atoms with Crippen LogP contribution in [0.5, 0.6) is 0 Å². The van der Waals surface area contributed by atoms with Crippen molar-refractivity contribution in [1.82, 2.24) is 10.2 Å². The molecule has 1 heterocycles. The van der Waals surface area contributed by atoms with Crippen LogP contribution in [0.15, 0.2) is 28.6 Å². The molecular formula is C18H24ClN3OS2. The van der Waals surface area contributed by atoms with Gasteiger partial charge in [0.1, 0.15) is 0 Å². The minimum atomic E-state index is -0.000656. The summed E-state index contributed by atoms with van der Waals surface area (Å²) in [6, 6.07) is 7.76. The molecule has 2 aromatic rings. The maximum absolute atomic E-state index is 12.1. The lowest BCUT2D eigenvalue weighted by Gasteiger charge is -2.22. The van der Waals surface area contributed by atoms with Crippen LogP contribution in [0.3, 0.4) is 0 Å². The molecular weight excluding hydrogens is 374 g/mol. The molecule has 0 saturated carbocycles. The number of hydrogen-bond acceptors (Lipinski definition) is 5. The summed E-state index contributed by atoms with van der Waals surface area (Å²) >= 11 is 8.97. The molecule has 0 unspecified atom stereocenters. The Balaban J connectivity index is 1.81. The first-order valence-corrected chi connectivity index (χ1v) is 10.4. The van der Waals surface area contributed by atoms with Crippen molar-refractivity contribution in [3.05, 3.63) is 34.9 Å². The van der Waals surface area contributed by atoms with Gasteiger partial charge in [-0.05, 0) is 35.4 Å². The lowest BCUT2D eigenvalue weighted by molar-refractivity contribution is -0.117. The highest BCUT2D eigenvalue weighted by atomic mass is 35.5. The van der Waals surface area contributed by atoms with Crippen LogP contribution in [0, 0.1) is 11.3 Å². The summed E-state index contributed by atoms with van der Waals surface area (Å²) in [7, 11) is 0. The predicted octanol–water partition coefficient (Wildman–Crippen LogP) is 5.88. The summed E-state index contributed by atoms with van der Waals surface area (Å²) in [5.74, 6) is 1.11. The fourth-order valence-electron chi connectivity index (χ4n) is 2.69. The van der Waals surface area contributed by atoms with Gasteiger partial charge in [-0.15, -0.1) is 10.2 Å². The SMILES string of the molecule is C[C@@H](CC(=O)Nc1nnc(SCc2cccc(Cl)c2)s1)CC(C)(C)C. The molecule has 0 aliphatic heterocycles. The van der Waals surface area contributed by atoms with Crippen molar-refractivity contribution in [1.29, 1.82) is 0 Å². The molecule has 1 aromatic heterocycles. The lowest BCUT2D eigenvalue weighted by Crippen LogP contribution is -2.18. The molecule has 7 heteroatoms. The molecule has 1 aromatic carbocycles. The Morgan fingerprint density at radius 1 is 1.36 bits per heavy atom. The first-order valence-electron chi connectivity index (χ1n) is 8.22. The Morgan fingerprint density at radius 3 is 2.80 bits per heavy atom. The number of carbonyl (C=O) groups excluding carboxylic acids is 1. The van der Waals surface area contributed by atoms with Crippen LogP contribution in [0.25, 0.3) is 0 Å². The molecule has 0 spiro atoms. The van der Waals surface area contributed by atoms with Crippen LogP contribution in [-0.2, 0) is 10.5 Å². The summed E-state index contributed by atoms with van der Waals surface area (Å²) < 4.78 is 0.831. The summed E-state index contributed by atoms with van der Waals surface area (Å²) in [5, 5.41) is 12.3. The fourth-order valence-corrected chi connectivity index (χ4v) is 4.62. The number of rotatable bonds is 7. The van der Waals surface area contributed by atoms with E-state index in [-0.39, 0.29) is 11.3 Å². The Kier molecular flexibility index (Phi) is 7.28. The molecule has 0 bridgehead atoms. The smallest absolute Gasteiger partial charge is 0.226 e. The van der Waals surface area contributed by atoms with Crippen molar-refractivity contribution in [2.45, 2.75) is 50.6 Å². The standard InChI is InChI=1S/C18H24ClN3OS2/c1-12(10-18(2,3)4)8-15(23)20-16-21-22-17(25-16)24-11-13-6-5-7-14(19)9-13/h5-7,9,12H,8,10-11H2,1-4H3,(H,20,21,23)/t12-/m0/s1. The fraction of sp³-hybridized carbons (Fsp3) is 0.500. The summed E-state index contributed by atoms with van der Waals surface area (Å²) in [6.45, 7) is 8.68. The monoisotopic (exact) mass is 397 g/mol. The van der Waals surface area contributed by atoms with E-state index in [1.165, 1.54) is 11.3 Å². The summed E-state index contributed by atoms with van der Waals surface area (Å²) in [6.07, 6.45) is 1.51. The van der Waals surface area contributed by atoms with Crippen LogP contribution in [0.4, 0.5) is 5.13 Å². The predicted molar refractivity (Wildman–Crippen MR) is 107 cm³/mol. The van der Waals surface area contributed by atoms with E-state index in [9.17, 15) is 4.79 Å². The van der Waals surface area contributed by atoms with Crippen molar-refractivity contribution in [3.63, 3.8) is 0 Å². The van der Waals surface area contributed by atoms with Crippen molar-refractivity contribution in [3.8, 4) is 0 Å². The topological polar surface area (TPSA) is 54.9 Å². The zero-order valence-electron chi connectivity index (χ0n) is 15.0. The normalized spacial score (nSPS) is 12.8. The van der Waals surface area contributed by atoms with Crippen LogP contribution in [-0.4, -0.2) is 16.1 Å². The molecule has 1 N–H and O–H groups in total. The van der Waals surface area contributed by atoms with Gasteiger partial charge in [-0.25, -0.2) is 0 Å². The number of carbonyl (C=O) groups is 1. The van der Waals surface area contributed by atoms with E-state index in [0.717, 1.165) is 27.1 Å². The Labute approximate surface area is 162 Å². The average molecular weight is 398 g/mol. The van der Waals surface area contributed by atoms with Crippen molar-refractivity contribution in [2.24, 2.45) is 11.3 Å². The first-order chi connectivity index (χ1) is 11.7. The number of benzene rings is 1. The highest BCUT2D eigenvalue weighted by Crippen LogP contribution is 2.30. The molecule has 4 nitrogen and oxygen atoms in total. The number of anilines is 1. The number of aromatic nitrogens is 2. The molecule has 0 saturated heterocycles. The molecule has 136 valence electrons. The molecule has 0 aliphatic carbocycles. The van der Waals surface area contributed by atoms with Gasteiger partial charge in [0.25, 0.3) is 0 Å². The second-order valence-electron chi connectivity index (χ2n) is 7.41. The zero-order valence-corrected chi connectivity index (χ0v) is 17.4. The van der Waals surface area contributed by atoms with E-state index < -0.39 is 0 Å². The second kappa shape index (κ2) is 9.01. The minimum absolute atomic E-state index is 0.000656. The molecule has 1 amide bonds. The summed E-state index contributed by atoms with van der Waals surface area (Å²) in [4.78, 5) is 12.1. The molecule has 25 heavy (non-hydrogen) atoms. The maximum Gasteiger partial charge on any atom is 0.226 e. The Hall–Kier alpha value is -1.11. The zero-order chi connectivity index (χ0) is 18.4. The molecule has 1 atom stereocenters. The Morgan fingerprint density at radius 2 is 2.12 bits per heavy atom. The average Bonchev–Trinajstić information content (AvgIpc) is 2.90. The summed E-state index contributed by atoms with van der Waals surface area (Å²) in [5.41, 5.74) is 1.36. The number of halogens is 1. The molecule has 0 fully saturated rings. The van der Waals surface area contributed by atoms with Gasteiger partial charge in [-0.3, -0.25) is 4.79 Å². The van der Waals surface area contributed by atoms with E-state index in [1.807, 2.05) is 24.3 Å². The molecule has 2 rings (SSSR count). The van der Waals surface area contributed by atoms with Crippen LogP contribution >= 0.6 is 34.7 Å². The van der Waals surface area contributed by atoms with E-state index in [1.54, 1.807) is 11.8 Å². The number of thioether (sulfide) groups is 1. The van der Waals surface area contributed by atoms with Gasteiger partial charge in [0.05, 0.1) is 0 Å². The van der Waals surface area contributed by atoms with E-state index >= 15 is 0 Å². The van der Waals surface area contributed by atoms with Gasteiger partial charge < -0.3 is 5.32 Å². The van der Waals surface area contributed by atoms with Gasteiger partial charge in [0, 0.05) is 17.2 Å². The number of nitrogens with zero attached hydrogens (tertiary/aromatic N) is 2. The third kappa shape index (κ3) is 7.75. The van der Waals surface area contributed by atoms with Gasteiger partial charge in [-0.1, -0.05) is 74.5 Å². The highest BCUT2D eigenvalue weighted by Gasteiger charge is 2.18. The number of amides is 1. The van der Waals surface area contributed by atoms with E-state index in [4.69, 9.17) is 11.6 Å². The van der Waals surface area contributed by atoms with Gasteiger partial charge >= 0.3 is 0 Å². The van der Waals surface area contributed by atoms with Gasteiger partial charge in [0.2, 0.25) is 11.0 Å². The van der Waals surface area contributed by atoms with E-state index in [0.29, 0.717) is 17.5 Å². The number of hydrogen-bond donors (Lipinski definition) is 1. The highest BCUT2D eigenvalue weighted by molar-refractivity contribution is 8.00. The van der Waals surface area contributed by atoms with Crippen LogP contribution in [0.2, 0.25) is 5.02 Å². The molecule has 0 radical (unpaired) electrons. The Bertz CT molecular complexity index is 712. The first kappa shape index (κ1) is 20.2. The van der Waals surface area contributed by atoms with Crippen LogP contribution in [0.1, 0.15) is 46.1 Å². The van der Waals surface area contributed by atoms with Gasteiger partial charge in [-0.2, -0.15) is 0 Å². The maximum atomic E-state index is 12.1. The largest absolute Gasteiger partial charge is 0.300 e. The van der Waals surface area contributed by atoms with Crippen LogP contribution < -0.4 is 5.32 Å². The number of nitrogens with one attached hydrogen (secondary N) is 1. The van der Waals surface area contributed by atoms with Crippen molar-refractivity contribution >= 4 is 45.7 Å². The van der Waals surface area contributed by atoms with Crippen molar-refractivity contribution in [2.75, 3.05) is 5.32 Å². The lowest BCUT2D eigenvalue weighted by atomic mass is 9.84. The third-order valence-corrected chi connectivity index (χ3v) is 5.68. The van der Waals surface area contributed by atoms with Gasteiger partial charge in [0.15, 0.2) is 4.34 Å². The second-order valence-corrected chi connectivity index (χ2v) is 10.1.